The molecule has 2 heterocycles. The van der Waals surface area contributed by atoms with E-state index >= 15 is 0 Å². The summed E-state index contributed by atoms with van der Waals surface area (Å²) in [7, 11) is -3.87. The maximum atomic E-state index is 12.1. The summed E-state index contributed by atoms with van der Waals surface area (Å²) in [5, 5.41) is 12.4. The Hall–Kier alpha value is -1.30. The molecule has 0 aliphatic heterocycles. The van der Waals surface area contributed by atoms with Crippen LogP contribution in [0.3, 0.4) is 0 Å². The summed E-state index contributed by atoms with van der Waals surface area (Å²) < 4.78 is 31.4. The SMILES string of the molecule is Cc1noc(CNS(=O)(=O)c2cc(C(=O)O)sc2Br)n1. The highest BCUT2D eigenvalue weighted by Crippen LogP contribution is 2.31. The van der Waals surface area contributed by atoms with Gasteiger partial charge in [-0.1, -0.05) is 5.16 Å². The molecular formula is C9H8BrN3O5S2. The molecule has 0 aromatic carbocycles. The van der Waals surface area contributed by atoms with E-state index in [9.17, 15) is 13.2 Å². The van der Waals surface area contributed by atoms with E-state index in [0.717, 1.165) is 17.4 Å². The number of carbonyl (C=O) groups is 1. The summed E-state index contributed by atoms with van der Waals surface area (Å²) >= 11 is 3.86. The van der Waals surface area contributed by atoms with E-state index in [0.29, 0.717) is 5.82 Å². The number of hydrogen-bond donors (Lipinski definition) is 2. The number of hydrogen-bond acceptors (Lipinski definition) is 7. The van der Waals surface area contributed by atoms with Crippen molar-refractivity contribution in [2.24, 2.45) is 0 Å². The van der Waals surface area contributed by atoms with Gasteiger partial charge in [-0.15, -0.1) is 11.3 Å². The van der Waals surface area contributed by atoms with Crippen LogP contribution in [0.15, 0.2) is 19.3 Å². The minimum Gasteiger partial charge on any atom is -0.477 e. The van der Waals surface area contributed by atoms with Gasteiger partial charge in [0.15, 0.2) is 5.82 Å². The molecule has 0 fully saturated rings. The molecule has 2 N–H and O–H groups in total. The molecule has 0 aliphatic rings. The van der Waals surface area contributed by atoms with Crippen molar-refractivity contribution in [2.75, 3.05) is 0 Å². The fourth-order valence-corrected chi connectivity index (χ4v) is 4.66. The minimum atomic E-state index is -3.87. The van der Waals surface area contributed by atoms with Gasteiger partial charge in [0.1, 0.15) is 9.77 Å². The molecular weight excluding hydrogens is 374 g/mol. The highest BCUT2D eigenvalue weighted by Gasteiger charge is 2.23. The second-order valence-corrected chi connectivity index (χ2v) is 7.72. The van der Waals surface area contributed by atoms with Crippen molar-refractivity contribution < 1.29 is 22.8 Å². The number of sulfonamides is 1. The number of aromatic nitrogens is 2. The summed E-state index contributed by atoms with van der Waals surface area (Å²) in [4.78, 5) is 14.5. The lowest BCUT2D eigenvalue weighted by Crippen LogP contribution is -2.23. The van der Waals surface area contributed by atoms with E-state index in [1.54, 1.807) is 6.92 Å². The maximum absolute atomic E-state index is 12.1. The Labute approximate surface area is 126 Å². The average Bonchev–Trinajstić information content (AvgIpc) is 2.93. The standard InChI is InChI=1S/C9H8BrN3O5S2/c1-4-12-7(18-13-4)3-11-20(16,17)6-2-5(9(14)15)19-8(6)10/h2,11H,3H2,1H3,(H,14,15). The quantitative estimate of drug-likeness (QED) is 0.801. The van der Waals surface area contributed by atoms with Crippen molar-refractivity contribution in [3.63, 3.8) is 0 Å². The van der Waals surface area contributed by atoms with Crippen LogP contribution in [-0.2, 0) is 16.6 Å². The molecule has 2 rings (SSSR count). The first-order chi connectivity index (χ1) is 9.29. The van der Waals surface area contributed by atoms with Crippen LogP contribution < -0.4 is 4.72 Å². The van der Waals surface area contributed by atoms with E-state index in [4.69, 9.17) is 9.63 Å². The van der Waals surface area contributed by atoms with Crippen LogP contribution in [0, 0.1) is 6.92 Å². The van der Waals surface area contributed by atoms with Gasteiger partial charge in [0.25, 0.3) is 0 Å². The molecule has 20 heavy (non-hydrogen) atoms. The Morgan fingerprint density at radius 1 is 1.60 bits per heavy atom. The van der Waals surface area contributed by atoms with Crippen LogP contribution >= 0.6 is 27.3 Å². The molecule has 0 saturated heterocycles. The van der Waals surface area contributed by atoms with Crippen LogP contribution in [0.4, 0.5) is 0 Å². The van der Waals surface area contributed by atoms with Crippen LogP contribution in [0.2, 0.25) is 0 Å². The number of carboxylic acid groups (broad SMARTS) is 1. The van der Waals surface area contributed by atoms with Crippen LogP contribution in [0.5, 0.6) is 0 Å². The largest absolute Gasteiger partial charge is 0.477 e. The first-order valence-electron chi connectivity index (χ1n) is 5.11. The third kappa shape index (κ3) is 3.23. The Kier molecular flexibility index (Phi) is 4.22. The van der Waals surface area contributed by atoms with Gasteiger partial charge in [-0.05, 0) is 28.9 Å². The molecule has 0 aliphatic carbocycles. The lowest BCUT2D eigenvalue weighted by Gasteiger charge is -2.02. The number of aryl methyl sites for hydroxylation is 1. The number of halogens is 1. The Balaban J connectivity index is 2.20. The van der Waals surface area contributed by atoms with Gasteiger partial charge in [0.05, 0.1) is 10.3 Å². The molecule has 8 nitrogen and oxygen atoms in total. The molecule has 0 saturated carbocycles. The molecule has 2 aromatic rings. The van der Waals surface area contributed by atoms with Gasteiger partial charge < -0.3 is 9.63 Å². The zero-order valence-corrected chi connectivity index (χ0v) is 13.2. The van der Waals surface area contributed by atoms with Gasteiger partial charge in [-0.3, -0.25) is 0 Å². The Morgan fingerprint density at radius 3 is 2.80 bits per heavy atom. The van der Waals surface area contributed by atoms with Crippen molar-refractivity contribution >= 4 is 43.3 Å². The maximum Gasteiger partial charge on any atom is 0.345 e. The summed E-state index contributed by atoms with van der Waals surface area (Å²) in [6, 6.07) is 1.08. The lowest BCUT2D eigenvalue weighted by atomic mass is 10.5. The summed E-state index contributed by atoms with van der Waals surface area (Å²) in [6.45, 7) is 1.43. The van der Waals surface area contributed by atoms with Gasteiger partial charge in [0, 0.05) is 0 Å². The fourth-order valence-electron chi connectivity index (χ4n) is 1.29. The first kappa shape index (κ1) is 15.1. The average molecular weight is 382 g/mol. The van der Waals surface area contributed by atoms with E-state index < -0.39 is 16.0 Å². The van der Waals surface area contributed by atoms with Crippen LogP contribution in [-0.4, -0.2) is 29.6 Å². The molecule has 108 valence electrons. The summed E-state index contributed by atoms with van der Waals surface area (Å²) in [6.07, 6.45) is 0. The van der Waals surface area contributed by atoms with E-state index in [1.807, 2.05) is 0 Å². The number of nitrogens with one attached hydrogen (secondary N) is 1. The third-order valence-electron chi connectivity index (χ3n) is 2.14. The number of thiophene rings is 1. The fraction of sp³-hybridized carbons (Fsp3) is 0.222. The number of rotatable bonds is 5. The normalized spacial score (nSPS) is 11.7. The zero-order chi connectivity index (χ0) is 14.9. The number of nitrogens with zero attached hydrogens (tertiary/aromatic N) is 2. The van der Waals surface area contributed by atoms with Gasteiger partial charge >= 0.3 is 5.97 Å². The number of carboxylic acids is 1. The van der Waals surface area contributed by atoms with Gasteiger partial charge in [-0.25, -0.2) is 17.9 Å². The Morgan fingerprint density at radius 2 is 2.30 bits per heavy atom. The second kappa shape index (κ2) is 5.60. The lowest BCUT2D eigenvalue weighted by molar-refractivity contribution is 0.0702. The monoisotopic (exact) mass is 381 g/mol. The molecule has 0 unspecified atom stereocenters. The van der Waals surface area contributed by atoms with Crippen LogP contribution in [0.1, 0.15) is 21.4 Å². The molecule has 0 amide bonds. The minimum absolute atomic E-state index is 0.0779. The molecule has 0 radical (unpaired) electrons. The van der Waals surface area contributed by atoms with Crippen molar-refractivity contribution in [3.8, 4) is 0 Å². The zero-order valence-electron chi connectivity index (χ0n) is 9.95. The Bertz CT molecular complexity index is 751. The van der Waals surface area contributed by atoms with E-state index in [-0.39, 0.29) is 26.0 Å². The highest BCUT2D eigenvalue weighted by molar-refractivity contribution is 9.11. The smallest absolute Gasteiger partial charge is 0.345 e. The molecule has 0 bridgehead atoms. The predicted octanol–water partition coefficient (Wildman–Crippen LogP) is 1.38. The first-order valence-corrected chi connectivity index (χ1v) is 8.20. The second-order valence-electron chi connectivity index (χ2n) is 3.61. The van der Waals surface area contributed by atoms with E-state index in [1.165, 1.54) is 0 Å². The highest BCUT2D eigenvalue weighted by atomic mass is 79.9. The van der Waals surface area contributed by atoms with Crippen molar-refractivity contribution in [1.82, 2.24) is 14.9 Å². The van der Waals surface area contributed by atoms with Crippen molar-refractivity contribution in [3.05, 3.63) is 26.4 Å². The van der Waals surface area contributed by atoms with Gasteiger partial charge in [0.2, 0.25) is 15.9 Å². The summed E-state index contributed by atoms with van der Waals surface area (Å²) in [5.74, 6) is -0.676. The summed E-state index contributed by atoms with van der Waals surface area (Å²) in [5.41, 5.74) is 0. The molecule has 2 aromatic heterocycles. The molecule has 11 heteroatoms. The van der Waals surface area contributed by atoms with Crippen LogP contribution in [0.25, 0.3) is 0 Å². The number of aromatic carboxylic acids is 1. The van der Waals surface area contributed by atoms with Crippen molar-refractivity contribution in [1.29, 1.82) is 0 Å². The van der Waals surface area contributed by atoms with Crippen molar-refractivity contribution in [2.45, 2.75) is 18.4 Å². The predicted molar refractivity (Wildman–Crippen MR) is 72.0 cm³/mol. The third-order valence-corrected chi connectivity index (χ3v) is 5.78. The van der Waals surface area contributed by atoms with E-state index in [2.05, 4.69) is 30.8 Å². The molecule has 0 atom stereocenters. The van der Waals surface area contributed by atoms with Gasteiger partial charge in [-0.2, -0.15) is 4.98 Å². The molecule has 0 spiro atoms. The topological polar surface area (TPSA) is 122 Å².